The monoisotopic (exact) mass is 315 g/mol. The van der Waals surface area contributed by atoms with Crippen molar-refractivity contribution in [1.29, 1.82) is 0 Å². The maximum Gasteiger partial charge on any atom is 0.244 e. The number of hydrogen-bond acceptors (Lipinski definition) is 3. The minimum Gasteiger partial charge on any atom is -0.386 e. The molecule has 1 heterocycles. The number of carbonyl (C=O) groups is 1. The molecule has 2 N–H and O–H groups in total. The molecule has 1 aliphatic rings. The summed E-state index contributed by atoms with van der Waals surface area (Å²) in [6.07, 6.45) is 3.46. The van der Waals surface area contributed by atoms with E-state index < -0.39 is 5.60 Å². The summed E-state index contributed by atoms with van der Waals surface area (Å²) in [6, 6.07) is 5.19. The number of aliphatic hydroxyl groups is 1. The van der Waals surface area contributed by atoms with Crippen LogP contribution in [0.25, 0.3) is 6.08 Å². The van der Waals surface area contributed by atoms with Crippen LogP contribution in [0.3, 0.4) is 0 Å². The lowest BCUT2D eigenvalue weighted by Crippen LogP contribution is -2.42. The van der Waals surface area contributed by atoms with Crippen LogP contribution in [0.5, 0.6) is 0 Å². The normalized spacial score (nSPS) is 22.4. The largest absolute Gasteiger partial charge is 0.386 e. The average molecular weight is 316 g/mol. The van der Waals surface area contributed by atoms with Crippen LogP contribution < -0.4 is 5.32 Å². The number of nitrogens with one attached hydrogen (secondary N) is 1. The molecule has 1 atom stereocenters. The van der Waals surface area contributed by atoms with Gasteiger partial charge in [0.2, 0.25) is 5.91 Å². The lowest BCUT2D eigenvalue weighted by Gasteiger charge is -2.19. The molecule has 1 fully saturated rings. The summed E-state index contributed by atoms with van der Waals surface area (Å²) in [5.74, 6) is -0.304. The quantitative estimate of drug-likeness (QED) is 0.838. The molecule has 1 amide bonds. The molecule has 2 rings (SSSR count). The predicted octanol–water partition coefficient (Wildman–Crippen LogP) is 2.27. The first-order valence-corrected chi connectivity index (χ1v) is 6.96. The van der Waals surface area contributed by atoms with Crippen LogP contribution >= 0.6 is 23.2 Å². The summed E-state index contributed by atoms with van der Waals surface area (Å²) in [5, 5.41) is 13.5. The van der Waals surface area contributed by atoms with Crippen molar-refractivity contribution in [2.45, 2.75) is 12.0 Å². The summed E-state index contributed by atoms with van der Waals surface area (Å²) in [4.78, 5) is 11.7. The first-order chi connectivity index (χ1) is 9.50. The van der Waals surface area contributed by atoms with E-state index in [1.807, 2.05) is 0 Å². The van der Waals surface area contributed by atoms with Crippen LogP contribution in [0.4, 0.5) is 0 Å². The zero-order valence-electron chi connectivity index (χ0n) is 10.7. The Labute approximate surface area is 127 Å². The van der Waals surface area contributed by atoms with Crippen molar-refractivity contribution in [2.24, 2.45) is 0 Å². The number of hydrogen-bond donors (Lipinski definition) is 2. The lowest BCUT2D eigenvalue weighted by molar-refractivity contribution is -0.117. The fraction of sp³-hybridized carbons (Fsp3) is 0.357. The zero-order valence-corrected chi connectivity index (χ0v) is 12.2. The van der Waals surface area contributed by atoms with Gasteiger partial charge in [0.05, 0.1) is 16.7 Å². The molecule has 0 saturated carbocycles. The van der Waals surface area contributed by atoms with Crippen molar-refractivity contribution in [3.63, 3.8) is 0 Å². The van der Waals surface area contributed by atoms with Crippen molar-refractivity contribution in [1.82, 2.24) is 5.32 Å². The van der Waals surface area contributed by atoms with Gasteiger partial charge in [-0.05, 0) is 17.7 Å². The third kappa shape index (κ3) is 3.96. The Morgan fingerprint density at radius 1 is 1.50 bits per heavy atom. The van der Waals surface area contributed by atoms with Gasteiger partial charge in [0.1, 0.15) is 5.60 Å². The van der Waals surface area contributed by atoms with E-state index in [2.05, 4.69) is 5.32 Å². The number of amides is 1. The van der Waals surface area contributed by atoms with E-state index in [-0.39, 0.29) is 19.1 Å². The molecule has 4 nitrogen and oxygen atoms in total. The highest BCUT2D eigenvalue weighted by atomic mass is 35.5. The number of carbonyl (C=O) groups excluding carboxylic acids is 1. The standard InChI is InChI=1S/C14H15Cl2NO3/c15-11-3-1-2-10(13(11)16)4-5-12(18)17-8-14(19)6-7-20-9-14/h1-5,19H,6-9H2,(H,17,18)/b5-4+. The molecule has 1 aromatic rings. The Morgan fingerprint density at radius 2 is 2.30 bits per heavy atom. The number of halogens is 2. The second kappa shape index (κ2) is 6.59. The fourth-order valence-electron chi connectivity index (χ4n) is 1.86. The number of benzene rings is 1. The van der Waals surface area contributed by atoms with Crippen LogP contribution in [-0.4, -0.2) is 36.4 Å². The van der Waals surface area contributed by atoms with Gasteiger partial charge in [0.15, 0.2) is 0 Å². The van der Waals surface area contributed by atoms with Gasteiger partial charge < -0.3 is 15.2 Å². The summed E-state index contributed by atoms with van der Waals surface area (Å²) >= 11 is 11.9. The molecule has 1 aromatic carbocycles. The zero-order chi connectivity index (χ0) is 14.6. The van der Waals surface area contributed by atoms with E-state index in [1.54, 1.807) is 24.3 Å². The smallest absolute Gasteiger partial charge is 0.244 e. The first kappa shape index (κ1) is 15.3. The maximum absolute atomic E-state index is 11.7. The molecular formula is C14H15Cl2NO3. The molecule has 6 heteroatoms. The van der Waals surface area contributed by atoms with Gasteiger partial charge in [-0.3, -0.25) is 4.79 Å². The number of ether oxygens (including phenoxy) is 1. The summed E-state index contributed by atoms with van der Waals surface area (Å²) in [5.41, 5.74) is -0.297. The lowest BCUT2D eigenvalue weighted by atomic mass is 10.0. The van der Waals surface area contributed by atoms with Gasteiger partial charge in [0.25, 0.3) is 0 Å². The van der Waals surface area contributed by atoms with Crippen molar-refractivity contribution < 1.29 is 14.6 Å². The molecule has 108 valence electrons. The molecule has 1 aliphatic heterocycles. The van der Waals surface area contributed by atoms with Crippen LogP contribution in [0.2, 0.25) is 10.0 Å². The van der Waals surface area contributed by atoms with Crippen molar-refractivity contribution in [3.05, 3.63) is 39.9 Å². The molecule has 0 aliphatic carbocycles. The number of rotatable bonds is 4. The summed E-state index contributed by atoms with van der Waals surface area (Å²) < 4.78 is 5.10. The van der Waals surface area contributed by atoms with Crippen molar-refractivity contribution in [2.75, 3.05) is 19.8 Å². The van der Waals surface area contributed by atoms with E-state index in [0.29, 0.717) is 28.6 Å². The van der Waals surface area contributed by atoms with Gasteiger partial charge >= 0.3 is 0 Å². The molecular weight excluding hydrogens is 301 g/mol. The van der Waals surface area contributed by atoms with Crippen LogP contribution in [0.15, 0.2) is 24.3 Å². The third-order valence-electron chi connectivity index (χ3n) is 3.07. The van der Waals surface area contributed by atoms with Gasteiger partial charge in [-0.1, -0.05) is 35.3 Å². The molecule has 20 heavy (non-hydrogen) atoms. The average Bonchev–Trinajstić information content (AvgIpc) is 2.86. The molecule has 1 unspecified atom stereocenters. The van der Waals surface area contributed by atoms with Gasteiger partial charge in [0, 0.05) is 25.6 Å². The van der Waals surface area contributed by atoms with Gasteiger partial charge in [-0.25, -0.2) is 0 Å². The van der Waals surface area contributed by atoms with Crippen LogP contribution in [0, 0.1) is 0 Å². The SMILES string of the molecule is O=C(/C=C/c1cccc(Cl)c1Cl)NCC1(O)CCOC1. The molecule has 1 saturated heterocycles. The second-order valence-corrected chi connectivity index (χ2v) is 5.51. The van der Waals surface area contributed by atoms with E-state index in [9.17, 15) is 9.90 Å². The highest BCUT2D eigenvalue weighted by Crippen LogP contribution is 2.26. The molecule has 0 radical (unpaired) electrons. The van der Waals surface area contributed by atoms with Crippen LogP contribution in [0.1, 0.15) is 12.0 Å². The maximum atomic E-state index is 11.7. The third-order valence-corrected chi connectivity index (χ3v) is 3.90. The van der Waals surface area contributed by atoms with Crippen molar-refractivity contribution >= 4 is 35.2 Å². The first-order valence-electron chi connectivity index (χ1n) is 6.20. The highest BCUT2D eigenvalue weighted by molar-refractivity contribution is 6.42. The van der Waals surface area contributed by atoms with Gasteiger partial charge in [-0.2, -0.15) is 0 Å². The molecule has 0 bridgehead atoms. The van der Waals surface area contributed by atoms with Gasteiger partial charge in [-0.15, -0.1) is 0 Å². The van der Waals surface area contributed by atoms with Crippen LogP contribution in [-0.2, 0) is 9.53 Å². The Bertz CT molecular complexity index is 525. The highest BCUT2D eigenvalue weighted by Gasteiger charge is 2.32. The Balaban J connectivity index is 1.91. The minimum absolute atomic E-state index is 0.166. The summed E-state index contributed by atoms with van der Waals surface area (Å²) in [7, 11) is 0. The summed E-state index contributed by atoms with van der Waals surface area (Å²) in [6.45, 7) is 0.927. The second-order valence-electron chi connectivity index (χ2n) is 4.72. The molecule has 0 spiro atoms. The Hall–Kier alpha value is -1.07. The van der Waals surface area contributed by atoms with E-state index >= 15 is 0 Å². The van der Waals surface area contributed by atoms with E-state index in [1.165, 1.54) is 6.08 Å². The Kier molecular flexibility index (Phi) is 5.05. The fourth-order valence-corrected chi connectivity index (χ4v) is 2.23. The predicted molar refractivity (Wildman–Crippen MR) is 78.9 cm³/mol. The topological polar surface area (TPSA) is 58.6 Å². The van der Waals surface area contributed by atoms with Crippen molar-refractivity contribution in [3.8, 4) is 0 Å². The van der Waals surface area contributed by atoms with E-state index in [4.69, 9.17) is 27.9 Å². The Morgan fingerprint density at radius 3 is 3.00 bits per heavy atom. The molecule has 0 aromatic heterocycles. The van der Waals surface area contributed by atoms with E-state index in [0.717, 1.165) is 0 Å². The minimum atomic E-state index is -0.961.